The van der Waals surface area contributed by atoms with Crippen LogP contribution in [0, 0.1) is 17.2 Å². The number of carbonyl (C=O) groups is 2. The van der Waals surface area contributed by atoms with Crippen molar-refractivity contribution in [2.75, 3.05) is 37.1 Å². The molecule has 2 aliphatic heterocycles. The third-order valence-electron chi connectivity index (χ3n) is 6.34. The summed E-state index contributed by atoms with van der Waals surface area (Å²) in [6.07, 6.45) is -0.0619. The fourth-order valence-electron chi connectivity index (χ4n) is 4.54. The van der Waals surface area contributed by atoms with Gasteiger partial charge in [-0.2, -0.15) is 5.26 Å². The smallest absolute Gasteiger partial charge is 0.220 e. The minimum atomic E-state index is -0.357. The lowest BCUT2D eigenvalue weighted by Gasteiger charge is -2.25. The maximum Gasteiger partial charge on any atom is 0.220 e. The summed E-state index contributed by atoms with van der Waals surface area (Å²) in [5, 5.41) is 12.8. The van der Waals surface area contributed by atoms with E-state index in [9.17, 15) is 14.9 Å². The van der Waals surface area contributed by atoms with Crippen molar-refractivity contribution in [3.8, 4) is 17.6 Å². The van der Waals surface area contributed by atoms with Crippen LogP contribution < -0.4 is 24.6 Å². The van der Waals surface area contributed by atoms with Crippen LogP contribution in [0.2, 0.25) is 0 Å². The number of hydrogen-bond acceptors (Lipinski definition) is 7. The molecule has 0 aromatic heterocycles. The summed E-state index contributed by atoms with van der Waals surface area (Å²) in [6.45, 7) is 5.05. The van der Waals surface area contributed by atoms with Gasteiger partial charge in [0, 0.05) is 26.9 Å². The number of carbonyl (C=O) groups excluding carboxylic acids is 2. The van der Waals surface area contributed by atoms with E-state index in [0.717, 1.165) is 16.9 Å². The normalized spacial score (nSPS) is 14.9. The van der Waals surface area contributed by atoms with Crippen molar-refractivity contribution in [3.05, 3.63) is 59.4 Å². The molecule has 0 radical (unpaired) electrons. The molecular weight excluding hydrogens is 444 g/mol. The quantitative estimate of drug-likeness (QED) is 0.480. The summed E-state index contributed by atoms with van der Waals surface area (Å²) < 4.78 is 11.3. The molecule has 1 atom stereocenters. The number of allylic oxidation sites excluding steroid dienone is 1. The average molecular weight is 475 g/mol. The SMILES string of the molecule is CC(C)C(NC(=O)CCC(=O)C(C#N)=C1N(C)c2ccccc2N1C)c1ccc2c(c1)OCCO2. The van der Waals surface area contributed by atoms with Crippen molar-refractivity contribution >= 4 is 23.1 Å². The molecule has 2 aromatic rings. The third kappa shape index (κ3) is 4.80. The minimum absolute atomic E-state index is 0.00849. The topological polar surface area (TPSA) is 94.9 Å². The summed E-state index contributed by atoms with van der Waals surface area (Å²) in [6, 6.07) is 15.2. The molecule has 0 bridgehead atoms. The highest BCUT2D eigenvalue weighted by Crippen LogP contribution is 2.40. The van der Waals surface area contributed by atoms with Crippen LogP contribution in [-0.4, -0.2) is 39.0 Å². The summed E-state index contributed by atoms with van der Waals surface area (Å²) in [5.74, 6) is 1.40. The van der Waals surface area contributed by atoms with Gasteiger partial charge in [0.15, 0.2) is 17.3 Å². The molecule has 1 unspecified atom stereocenters. The Balaban J connectivity index is 1.44. The Labute approximate surface area is 205 Å². The Morgan fingerprint density at radius 2 is 1.63 bits per heavy atom. The molecule has 8 heteroatoms. The van der Waals surface area contributed by atoms with Crippen LogP contribution in [0.1, 0.15) is 38.3 Å². The zero-order valence-corrected chi connectivity index (χ0v) is 20.5. The van der Waals surface area contributed by atoms with E-state index in [-0.39, 0.29) is 42.1 Å². The van der Waals surface area contributed by atoms with Crippen LogP contribution in [0.3, 0.4) is 0 Å². The monoisotopic (exact) mass is 474 g/mol. The van der Waals surface area contributed by atoms with Gasteiger partial charge in [0.1, 0.15) is 30.7 Å². The van der Waals surface area contributed by atoms with Crippen LogP contribution in [0.15, 0.2) is 53.9 Å². The van der Waals surface area contributed by atoms with Gasteiger partial charge in [0.25, 0.3) is 0 Å². The molecule has 35 heavy (non-hydrogen) atoms. The van der Waals surface area contributed by atoms with E-state index >= 15 is 0 Å². The number of hydrogen-bond donors (Lipinski definition) is 1. The zero-order chi connectivity index (χ0) is 25.1. The second-order valence-electron chi connectivity index (χ2n) is 9.03. The molecule has 2 heterocycles. The number of Topliss-reactive ketones (excluding diaryl/α,β-unsaturated/α-hetero) is 1. The van der Waals surface area contributed by atoms with Gasteiger partial charge in [-0.25, -0.2) is 0 Å². The first-order valence-electron chi connectivity index (χ1n) is 11.7. The van der Waals surface area contributed by atoms with Gasteiger partial charge in [-0.15, -0.1) is 0 Å². The molecule has 1 N–H and O–H groups in total. The molecule has 0 aliphatic carbocycles. The number of benzene rings is 2. The highest BCUT2D eigenvalue weighted by atomic mass is 16.6. The van der Waals surface area contributed by atoms with Crippen LogP contribution >= 0.6 is 0 Å². The largest absolute Gasteiger partial charge is 0.486 e. The van der Waals surface area contributed by atoms with Crippen molar-refractivity contribution in [1.29, 1.82) is 5.26 Å². The Kier molecular flexibility index (Phi) is 6.97. The first kappa shape index (κ1) is 24.1. The van der Waals surface area contributed by atoms with Crippen LogP contribution in [0.5, 0.6) is 11.5 Å². The van der Waals surface area contributed by atoms with Crippen LogP contribution in [-0.2, 0) is 9.59 Å². The minimum Gasteiger partial charge on any atom is -0.486 e. The lowest BCUT2D eigenvalue weighted by atomic mass is 9.95. The summed E-state index contributed by atoms with van der Waals surface area (Å²) in [7, 11) is 3.66. The average Bonchev–Trinajstić information content (AvgIpc) is 3.11. The van der Waals surface area contributed by atoms with Gasteiger partial charge in [0.2, 0.25) is 5.91 Å². The Morgan fingerprint density at radius 1 is 1.00 bits per heavy atom. The predicted octanol–water partition coefficient (Wildman–Crippen LogP) is 3.94. The van der Waals surface area contributed by atoms with E-state index < -0.39 is 0 Å². The number of nitrogens with zero attached hydrogens (tertiary/aromatic N) is 3. The Bertz CT molecular complexity index is 1180. The first-order chi connectivity index (χ1) is 16.8. The number of fused-ring (bicyclic) bond motifs is 2. The first-order valence-corrected chi connectivity index (χ1v) is 11.7. The lowest BCUT2D eigenvalue weighted by Crippen LogP contribution is -2.32. The highest BCUT2D eigenvalue weighted by Gasteiger charge is 2.31. The molecular formula is C27H30N4O4. The van der Waals surface area contributed by atoms with Crippen molar-refractivity contribution in [1.82, 2.24) is 5.32 Å². The van der Waals surface area contributed by atoms with E-state index in [0.29, 0.717) is 30.5 Å². The van der Waals surface area contributed by atoms with Crippen molar-refractivity contribution in [2.24, 2.45) is 5.92 Å². The maximum absolute atomic E-state index is 13.0. The van der Waals surface area contributed by atoms with Crippen LogP contribution in [0.25, 0.3) is 0 Å². The summed E-state index contributed by atoms with van der Waals surface area (Å²) in [5.41, 5.74) is 2.80. The van der Waals surface area contributed by atoms with Gasteiger partial charge in [-0.05, 0) is 35.7 Å². The number of anilines is 2. The van der Waals surface area contributed by atoms with Crippen molar-refractivity contribution < 1.29 is 19.1 Å². The number of ketones is 1. The second kappa shape index (κ2) is 10.1. The van der Waals surface area contributed by atoms with E-state index in [1.807, 2.05) is 80.2 Å². The zero-order valence-electron chi connectivity index (χ0n) is 20.5. The second-order valence-corrected chi connectivity index (χ2v) is 9.03. The molecule has 0 fully saturated rings. The predicted molar refractivity (Wildman–Crippen MR) is 133 cm³/mol. The highest BCUT2D eigenvalue weighted by molar-refractivity contribution is 6.03. The van der Waals surface area contributed by atoms with Gasteiger partial charge < -0.3 is 24.6 Å². The van der Waals surface area contributed by atoms with E-state index in [1.165, 1.54) is 0 Å². The lowest BCUT2D eigenvalue weighted by molar-refractivity contribution is -0.124. The number of rotatable bonds is 7. The van der Waals surface area contributed by atoms with Crippen molar-refractivity contribution in [3.63, 3.8) is 0 Å². The van der Waals surface area contributed by atoms with E-state index in [2.05, 4.69) is 11.4 Å². The molecule has 4 rings (SSSR count). The van der Waals surface area contributed by atoms with Gasteiger partial charge in [0.05, 0.1) is 17.4 Å². The number of nitriles is 1. The molecule has 2 aromatic carbocycles. The van der Waals surface area contributed by atoms with Gasteiger partial charge in [-0.3, -0.25) is 9.59 Å². The number of para-hydroxylation sites is 2. The maximum atomic E-state index is 13.0. The van der Waals surface area contributed by atoms with Gasteiger partial charge in [-0.1, -0.05) is 32.0 Å². The standard InChI is InChI=1S/C27H30N4O4/c1-17(2)26(18-9-11-23-24(15-18)35-14-13-34-23)29-25(33)12-10-22(32)19(16-28)27-30(3)20-7-5-6-8-21(20)31(27)4/h5-9,11,15,17,26H,10,12-14H2,1-4H3,(H,29,33). The number of nitrogens with one attached hydrogen (secondary N) is 1. The molecule has 2 aliphatic rings. The fourth-order valence-corrected chi connectivity index (χ4v) is 4.54. The molecule has 0 saturated heterocycles. The van der Waals surface area contributed by atoms with E-state index in [4.69, 9.17) is 9.47 Å². The molecule has 0 saturated carbocycles. The Morgan fingerprint density at radius 3 is 2.23 bits per heavy atom. The molecule has 1 amide bonds. The van der Waals surface area contributed by atoms with Crippen molar-refractivity contribution in [2.45, 2.75) is 32.7 Å². The molecule has 0 spiro atoms. The third-order valence-corrected chi connectivity index (χ3v) is 6.34. The summed E-state index contributed by atoms with van der Waals surface area (Å²) in [4.78, 5) is 29.5. The Hall–Kier alpha value is -3.99. The van der Waals surface area contributed by atoms with Crippen LogP contribution in [0.4, 0.5) is 11.4 Å². The summed E-state index contributed by atoms with van der Waals surface area (Å²) >= 11 is 0. The van der Waals surface area contributed by atoms with Gasteiger partial charge >= 0.3 is 0 Å². The molecule has 8 nitrogen and oxygen atoms in total. The number of ether oxygens (including phenoxy) is 2. The number of amides is 1. The fraction of sp³-hybridized carbons (Fsp3) is 0.370. The van der Waals surface area contributed by atoms with E-state index in [1.54, 1.807) is 0 Å². The molecule has 182 valence electrons.